The van der Waals surface area contributed by atoms with Crippen molar-refractivity contribution in [3.63, 3.8) is 0 Å². The first-order chi connectivity index (χ1) is 14.4. The first kappa shape index (κ1) is 20.7. The highest BCUT2D eigenvalue weighted by molar-refractivity contribution is 7.89. The number of rotatable bonds is 7. The Morgan fingerprint density at radius 3 is 2.63 bits per heavy atom. The molecule has 2 aromatic carbocycles. The predicted octanol–water partition coefficient (Wildman–Crippen LogP) is 2.87. The Bertz CT molecular complexity index is 1160. The van der Waals surface area contributed by atoms with Gasteiger partial charge in [0.25, 0.3) is 5.91 Å². The number of sulfonamides is 1. The second-order valence-electron chi connectivity index (χ2n) is 7.39. The van der Waals surface area contributed by atoms with Crippen LogP contribution >= 0.6 is 11.3 Å². The van der Waals surface area contributed by atoms with Gasteiger partial charge in [0.2, 0.25) is 10.0 Å². The Balaban J connectivity index is 1.38. The first-order valence-electron chi connectivity index (χ1n) is 9.79. The zero-order valence-corrected chi connectivity index (χ0v) is 18.2. The summed E-state index contributed by atoms with van der Waals surface area (Å²) in [5.41, 5.74) is 2.66. The lowest BCUT2D eigenvalue weighted by Gasteiger charge is -2.11. The number of nitrogens with zero attached hydrogens (tertiary/aromatic N) is 1. The Labute approximate surface area is 180 Å². The van der Waals surface area contributed by atoms with Gasteiger partial charge in [-0.3, -0.25) is 4.79 Å². The highest BCUT2D eigenvalue weighted by Crippen LogP contribution is 2.25. The van der Waals surface area contributed by atoms with Gasteiger partial charge in [0.15, 0.2) is 0 Å². The second-order valence-corrected chi connectivity index (χ2v) is 10.5. The van der Waals surface area contributed by atoms with Gasteiger partial charge >= 0.3 is 0 Å². The normalized spacial score (nSPS) is 15.7. The SMILES string of the molecule is Cc1cnc(CCNS(=O)(=O)c2ccc3c(c2)C[C@@H](NC(=O)c2ccccc2)C3)s1. The number of aryl methyl sites for hydroxylation is 1. The molecule has 1 amide bonds. The summed E-state index contributed by atoms with van der Waals surface area (Å²) in [6, 6.07) is 14.3. The van der Waals surface area contributed by atoms with Gasteiger partial charge in [-0.25, -0.2) is 18.1 Å². The van der Waals surface area contributed by atoms with Crippen LogP contribution in [0.5, 0.6) is 0 Å². The second kappa shape index (κ2) is 8.67. The molecule has 0 spiro atoms. The lowest BCUT2D eigenvalue weighted by molar-refractivity contribution is 0.0938. The molecule has 3 aromatic rings. The zero-order valence-electron chi connectivity index (χ0n) is 16.6. The van der Waals surface area contributed by atoms with Gasteiger partial charge in [-0.15, -0.1) is 11.3 Å². The summed E-state index contributed by atoms with van der Waals surface area (Å²) in [4.78, 5) is 18.0. The third-order valence-corrected chi connectivity index (χ3v) is 7.52. The largest absolute Gasteiger partial charge is 0.349 e. The van der Waals surface area contributed by atoms with E-state index in [1.54, 1.807) is 41.8 Å². The van der Waals surface area contributed by atoms with Gasteiger partial charge < -0.3 is 5.32 Å². The molecule has 4 rings (SSSR count). The number of carbonyl (C=O) groups excluding carboxylic acids is 1. The molecule has 2 N–H and O–H groups in total. The smallest absolute Gasteiger partial charge is 0.251 e. The predicted molar refractivity (Wildman–Crippen MR) is 117 cm³/mol. The topological polar surface area (TPSA) is 88.2 Å². The van der Waals surface area contributed by atoms with E-state index < -0.39 is 10.0 Å². The molecule has 30 heavy (non-hydrogen) atoms. The van der Waals surface area contributed by atoms with Crippen LogP contribution in [0.25, 0.3) is 0 Å². The van der Waals surface area contributed by atoms with Gasteiger partial charge in [0, 0.05) is 35.6 Å². The number of aromatic nitrogens is 1. The van der Waals surface area contributed by atoms with Crippen LogP contribution in [0.2, 0.25) is 0 Å². The molecule has 0 aliphatic heterocycles. The summed E-state index contributed by atoms with van der Waals surface area (Å²) in [5, 5.41) is 3.96. The van der Waals surface area contributed by atoms with Gasteiger partial charge in [0.1, 0.15) is 0 Å². The molecule has 1 aliphatic carbocycles. The average Bonchev–Trinajstić information content (AvgIpc) is 3.33. The van der Waals surface area contributed by atoms with Crippen molar-refractivity contribution < 1.29 is 13.2 Å². The van der Waals surface area contributed by atoms with Crippen LogP contribution in [0, 0.1) is 6.92 Å². The van der Waals surface area contributed by atoms with Gasteiger partial charge in [-0.1, -0.05) is 24.3 Å². The number of fused-ring (bicyclic) bond motifs is 1. The number of hydrogen-bond acceptors (Lipinski definition) is 5. The van der Waals surface area contributed by atoms with E-state index in [2.05, 4.69) is 15.0 Å². The lowest BCUT2D eigenvalue weighted by Crippen LogP contribution is -2.35. The zero-order chi connectivity index (χ0) is 21.1. The van der Waals surface area contributed by atoms with Crippen molar-refractivity contribution in [1.29, 1.82) is 0 Å². The number of nitrogens with one attached hydrogen (secondary N) is 2. The lowest BCUT2D eigenvalue weighted by atomic mass is 10.1. The van der Waals surface area contributed by atoms with Gasteiger partial charge in [0.05, 0.1) is 9.90 Å². The molecule has 0 fully saturated rings. The van der Waals surface area contributed by atoms with Crippen molar-refractivity contribution in [2.24, 2.45) is 0 Å². The molecule has 1 aromatic heterocycles. The Morgan fingerprint density at radius 1 is 1.13 bits per heavy atom. The van der Waals surface area contributed by atoms with Gasteiger partial charge in [-0.05, 0) is 55.2 Å². The fourth-order valence-corrected chi connectivity index (χ4v) is 5.48. The fraction of sp³-hybridized carbons (Fsp3) is 0.273. The van der Waals surface area contributed by atoms with E-state index in [0.29, 0.717) is 31.4 Å². The number of benzene rings is 2. The molecule has 0 saturated heterocycles. The van der Waals surface area contributed by atoms with E-state index >= 15 is 0 Å². The molecule has 0 radical (unpaired) electrons. The van der Waals surface area contributed by atoms with Crippen LogP contribution in [-0.2, 0) is 29.3 Å². The molecule has 156 valence electrons. The summed E-state index contributed by atoms with van der Waals surface area (Å²) in [5.74, 6) is -0.111. The summed E-state index contributed by atoms with van der Waals surface area (Å²) in [6.07, 6.45) is 3.68. The van der Waals surface area contributed by atoms with Crippen molar-refractivity contribution >= 4 is 27.3 Å². The Kier molecular flexibility index (Phi) is 5.99. The summed E-state index contributed by atoms with van der Waals surface area (Å²) < 4.78 is 28.0. The van der Waals surface area contributed by atoms with E-state index in [1.807, 2.05) is 31.2 Å². The summed E-state index contributed by atoms with van der Waals surface area (Å²) >= 11 is 1.57. The fourth-order valence-electron chi connectivity index (χ4n) is 3.61. The summed E-state index contributed by atoms with van der Waals surface area (Å²) in [7, 11) is -3.59. The minimum Gasteiger partial charge on any atom is -0.349 e. The van der Waals surface area contributed by atoms with Crippen molar-refractivity contribution in [2.75, 3.05) is 6.54 Å². The molecular formula is C22H23N3O3S2. The molecule has 1 heterocycles. The average molecular weight is 442 g/mol. The molecule has 0 unspecified atom stereocenters. The molecule has 0 bridgehead atoms. The van der Waals surface area contributed by atoms with Crippen LogP contribution in [-0.4, -0.2) is 31.9 Å². The van der Waals surface area contributed by atoms with Crippen molar-refractivity contribution in [2.45, 2.75) is 37.1 Å². The molecular weight excluding hydrogens is 418 g/mol. The van der Waals surface area contributed by atoms with E-state index in [1.165, 1.54) is 0 Å². The first-order valence-corrected chi connectivity index (χ1v) is 12.1. The number of carbonyl (C=O) groups is 1. The van der Waals surface area contributed by atoms with Crippen LogP contribution in [0.4, 0.5) is 0 Å². The van der Waals surface area contributed by atoms with E-state index in [0.717, 1.165) is 21.0 Å². The van der Waals surface area contributed by atoms with E-state index in [9.17, 15) is 13.2 Å². The quantitative estimate of drug-likeness (QED) is 0.590. The van der Waals surface area contributed by atoms with Crippen LogP contribution in [0.3, 0.4) is 0 Å². The monoisotopic (exact) mass is 441 g/mol. The molecule has 1 aliphatic rings. The highest BCUT2D eigenvalue weighted by atomic mass is 32.2. The third kappa shape index (κ3) is 4.77. The molecule has 8 heteroatoms. The van der Waals surface area contributed by atoms with Gasteiger partial charge in [-0.2, -0.15) is 0 Å². The maximum atomic E-state index is 12.7. The van der Waals surface area contributed by atoms with Crippen molar-refractivity contribution in [3.8, 4) is 0 Å². The number of hydrogen-bond donors (Lipinski definition) is 2. The Morgan fingerprint density at radius 2 is 1.90 bits per heavy atom. The van der Waals surface area contributed by atoms with Crippen molar-refractivity contribution in [3.05, 3.63) is 81.3 Å². The van der Waals surface area contributed by atoms with Crippen molar-refractivity contribution in [1.82, 2.24) is 15.0 Å². The highest BCUT2D eigenvalue weighted by Gasteiger charge is 2.25. The maximum absolute atomic E-state index is 12.7. The van der Waals surface area contributed by atoms with Crippen LogP contribution in [0.1, 0.15) is 31.4 Å². The molecule has 0 saturated carbocycles. The summed E-state index contributed by atoms with van der Waals surface area (Å²) in [6.45, 7) is 2.29. The van der Waals surface area contributed by atoms with E-state index in [-0.39, 0.29) is 16.8 Å². The minimum absolute atomic E-state index is 0.0354. The minimum atomic E-state index is -3.59. The molecule has 6 nitrogen and oxygen atoms in total. The maximum Gasteiger partial charge on any atom is 0.251 e. The van der Waals surface area contributed by atoms with Crippen LogP contribution in [0.15, 0.2) is 59.6 Å². The molecule has 1 atom stereocenters. The third-order valence-electron chi connectivity index (χ3n) is 5.09. The van der Waals surface area contributed by atoms with E-state index in [4.69, 9.17) is 0 Å². The van der Waals surface area contributed by atoms with Crippen LogP contribution < -0.4 is 10.0 Å². The number of amides is 1. The Hall–Kier alpha value is -2.55. The standard InChI is InChI=1S/C22H23N3O3S2/c1-15-14-23-21(29-15)9-10-24-30(27,28)20-8-7-17-11-19(12-18(17)13-20)25-22(26)16-5-3-2-4-6-16/h2-8,13-14,19,24H,9-12H2,1H3,(H,25,26)/t19-/m0/s1. The number of thiazole rings is 1.